The van der Waals surface area contributed by atoms with Gasteiger partial charge in [-0.25, -0.2) is 0 Å². The van der Waals surface area contributed by atoms with Crippen LogP contribution >= 0.6 is 11.6 Å². The number of hydrogen-bond acceptors (Lipinski definition) is 1. The van der Waals surface area contributed by atoms with Crippen LogP contribution < -0.4 is 5.32 Å². The minimum atomic E-state index is -2.86. The molecule has 0 aliphatic carbocycles. The highest BCUT2D eigenvalue weighted by Crippen LogP contribution is 2.28. The highest BCUT2D eigenvalue weighted by atomic mass is 35.5. The molecule has 0 aliphatic rings. The van der Waals surface area contributed by atoms with Crippen LogP contribution in [0.15, 0.2) is 24.3 Å². The van der Waals surface area contributed by atoms with Gasteiger partial charge in [-0.15, -0.1) is 0 Å². The van der Waals surface area contributed by atoms with Gasteiger partial charge in [0.1, 0.15) is 0 Å². The summed E-state index contributed by atoms with van der Waals surface area (Å²) >= 11 is 5.66. The Morgan fingerprint density at radius 1 is 1.40 bits per heavy atom. The van der Waals surface area contributed by atoms with E-state index in [9.17, 15) is 8.78 Å². The van der Waals surface area contributed by atoms with Crippen LogP contribution in [0.25, 0.3) is 0 Å². The van der Waals surface area contributed by atoms with Crippen LogP contribution in [0.1, 0.15) is 18.9 Å². The van der Waals surface area contributed by atoms with E-state index in [1.165, 1.54) is 18.2 Å². The van der Waals surface area contributed by atoms with Gasteiger partial charge >= 0.3 is 0 Å². The molecule has 0 spiro atoms. The van der Waals surface area contributed by atoms with Crippen molar-refractivity contribution in [2.24, 2.45) is 0 Å². The Bertz CT molecular complexity index is 315. The summed E-state index contributed by atoms with van der Waals surface area (Å²) in [7, 11) is 0. The molecule has 1 aromatic rings. The van der Waals surface area contributed by atoms with Crippen LogP contribution in [0.3, 0.4) is 0 Å². The molecular formula is C11H14ClF2N. The first-order valence-corrected chi connectivity index (χ1v) is 5.28. The summed E-state index contributed by atoms with van der Waals surface area (Å²) in [5, 5.41) is 3.04. The van der Waals surface area contributed by atoms with E-state index in [1.807, 2.05) is 6.92 Å². The van der Waals surface area contributed by atoms with Crippen LogP contribution in [-0.4, -0.2) is 13.1 Å². The monoisotopic (exact) mass is 233 g/mol. The molecule has 15 heavy (non-hydrogen) atoms. The fourth-order valence-electron chi connectivity index (χ4n) is 1.24. The molecule has 0 bridgehead atoms. The number of hydrogen-bond donors (Lipinski definition) is 1. The predicted molar refractivity (Wildman–Crippen MR) is 58.5 cm³/mol. The predicted octanol–water partition coefficient (Wildman–Crippen LogP) is 3.43. The molecule has 1 aromatic carbocycles. The number of rotatable bonds is 5. The van der Waals surface area contributed by atoms with Gasteiger partial charge in [-0.2, -0.15) is 8.78 Å². The minimum Gasteiger partial charge on any atom is -0.311 e. The molecule has 0 aromatic heterocycles. The molecular weight excluding hydrogens is 220 g/mol. The first kappa shape index (κ1) is 12.4. The summed E-state index contributed by atoms with van der Waals surface area (Å²) < 4.78 is 27.1. The molecule has 0 fully saturated rings. The Morgan fingerprint density at radius 2 is 2.13 bits per heavy atom. The summed E-state index contributed by atoms with van der Waals surface area (Å²) in [6.45, 7) is 2.18. The minimum absolute atomic E-state index is 0.0430. The van der Waals surface area contributed by atoms with Crippen molar-refractivity contribution in [2.75, 3.05) is 13.1 Å². The van der Waals surface area contributed by atoms with Crippen molar-refractivity contribution in [3.63, 3.8) is 0 Å². The Morgan fingerprint density at radius 3 is 2.73 bits per heavy atom. The molecule has 1 N–H and O–H groups in total. The second-order valence-electron chi connectivity index (χ2n) is 3.39. The van der Waals surface area contributed by atoms with E-state index in [4.69, 9.17) is 11.6 Å². The first-order valence-electron chi connectivity index (χ1n) is 4.91. The summed E-state index contributed by atoms with van der Waals surface area (Å²) in [5.74, 6) is -2.86. The quantitative estimate of drug-likeness (QED) is 0.769. The third-order valence-corrected chi connectivity index (χ3v) is 2.26. The van der Waals surface area contributed by atoms with Crippen molar-refractivity contribution in [1.82, 2.24) is 5.32 Å². The van der Waals surface area contributed by atoms with Crippen molar-refractivity contribution < 1.29 is 8.78 Å². The topological polar surface area (TPSA) is 12.0 Å². The van der Waals surface area contributed by atoms with Gasteiger partial charge in [0.15, 0.2) is 0 Å². The summed E-state index contributed by atoms with van der Waals surface area (Å²) in [5.41, 5.74) is -0.0430. The lowest BCUT2D eigenvalue weighted by Gasteiger charge is -2.17. The molecule has 0 amide bonds. The van der Waals surface area contributed by atoms with Gasteiger partial charge in [-0.1, -0.05) is 30.7 Å². The number of alkyl halides is 2. The van der Waals surface area contributed by atoms with E-state index < -0.39 is 5.92 Å². The molecule has 0 saturated carbocycles. The standard InChI is InChI=1S/C11H14ClF2N/c1-2-6-15-8-11(13,14)9-4-3-5-10(12)7-9/h3-5,7,15H,2,6,8H2,1H3. The van der Waals surface area contributed by atoms with Gasteiger partial charge in [-0.3, -0.25) is 0 Å². The Kier molecular flexibility index (Phi) is 4.48. The van der Waals surface area contributed by atoms with Crippen LogP contribution in [0, 0.1) is 0 Å². The molecule has 0 unspecified atom stereocenters. The third kappa shape index (κ3) is 3.76. The normalized spacial score (nSPS) is 11.7. The molecule has 0 saturated heterocycles. The maximum Gasteiger partial charge on any atom is 0.285 e. The van der Waals surface area contributed by atoms with Crippen molar-refractivity contribution in [3.05, 3.63) is 34.9 Å². The molecule has 84 valence electrons. The number of benzene rings is 1. The van der Waals surface area contributed by atoms with Crippen LogP contribution in [0.2, 0.25) is 5.02 Å². The van der Waals surface area contributed by atoms with Crippen molar-refractivity contribution in [3.8, 4) is 0 Å². The van der Waals surface area contributed by atoms with Gasteiger partial charge in [0.05, 0.1) is 6.54 Å². The molecule has 0 atom stereocenters. The fraction of sp³-hybridized carbons (Fsp3) is 0.455. The molecule has 0 radical (unpaired) electrons. The van der Waals surface area contributed by atoms with Gasteiger partial charge in [-0.05, 0) is 25.1 Å². The second-order valence-corrected chi connectivity index (χ2v) is 3.83. The van der Waals surface area contributed by atoms with Crippen molar-refractivity contribution in [1.29, 1.82) is 0 Å². The Labute approximate surface area is 93.4 Å². The highest BCUT2D eigenvalue weighted by Gasteiger charge is 2.30. The summed E-state index contributed by atoms with van der Waals surface area (Å²) in [4.78, 5) is 0. The van der Waals surface area contributed by atoms with Gasteiger partial charge in [0.25, 0.3) is 5.92 Å². The van der Waals surface area contributed by atoms with E-state index >= 15 is 0 Å². The first-order chi connectivity index (χ1) is 7.06. The largest absolute Gasteiger partial charge is 0.311 e. The third-order valence-electron chi connectivity index (χ3n) is 2.02. The van der Waals surface area contributed by atoms with Crippen LogP contribution in [0.5, 0.6) is 0 Å². The fourth-order valence-corrected chi connectivity index (χ4v) is 1.43. The summed E-state index contributed by atoms with van der Waals surface area (Å²) in [6.07, 6.45) is 0.839. The average molecular weight is 234 g/mol. The second kappa shape index (κ2) is 5.42. The molecule has 0 aliphatic heterocycles. The molecule has 1 rings (SSSR count). The van der Waals surface area contributed by atoms with Crippen molar-refractivity contribution in [2.45, 2.75) is 19.3 Å². The SMILES string of the molecule is CCCNCC(F)(F)c1cccc(Cl)c1. The lowest BCUT2D eigenvalue weighted by Crippen LogP contribution is -2.31. The lowest BCUT2D eigenvalue weighted by molar-refractivity contribution is -0.00290. The van der Waals surface area contributed by atoms with E-state index in [0.29, 0.717) is 11.6 Å². The molecule has 0 heterocycles. The molecule has 4 heteroatoms. The van der Waals surface area contributed by atoms with Gasteiger partial charge in [0, 0.05) is 10.6 Å². The van der Waals surface area contributed by atoms with E-state index in [0.717, 1.165) is 6.42 Å². The van der Waals surface area contributed by atoms with E-state index in [-0.39, 0.29) is 12.1 Å². The maximum absolute atomic E-state index is 13.5. The average Bonchev–Trinajstić information content (AvgIpc) is 2.18. The van der Waals surface area contributed by atoms with E-state index in [1.54, 1.807) is 6.07 Å². The zero-order valence-corrected chi connectivity index (χ0v) is 9.32. The Hall–Kier alpha value is -0.670. The van der Waals surface area contributed by atoms with Gasteiger partial charge < -0.3 is 5.32 Å². The van der Waals surface area contributed by atoms with E-state index in [2.05, 4.69) is 5.32 Å². The summed E-state index contributed by atoms with van der Waals surface area (Å²) in [6, 6.07) is 5.81. The van der Waals surface area contributed by atoms with Crippen molar-refractivity contribution >= 4 is 11.6 Å². The molecule has 1 nitrogen and oxygen atoms in total. The van der Waals surface area contributed by atoms with Crippen LogP contribution in [-0.2, 0) is 5.92 Å². The maximum atomic E-state index is 13.5. The lowest BCUT2D eigenvalue weighted by atomic mass is 10.1. The zero-order chi connectivity index (χ0) is 11.3. The number of nitrogens with one attached hydrogen (secondary N) is 1. The smallest absolute Gasteiger partial charge is 0.285 e. The number of halogens is 3. The zero-order valence-electron chi connectivity index (χ0n) is 8.56. The highest BCUT2D eigenvalue weighted by molar-refractivity contribution is 6.30. The van der Waals surface area contributed by atoms with Crippen LogP contribution in [0.4, 0.5) is 8.78 Å². The Balaban J connectivity index is 2.67. The van der Waals surface area contributed by atoms with Gasteiger partial charge in [0.2, 0.25) is 0 Å².